The number of ether oxygens (including phenoxy) is 1. The molecule has 3 rings (SSSR count). The lowest BCUT2D eigenvalue weighted by Gasteiger charge is -2.39. The van der Waals surface area contributed by atoms with E-state index in [2.05, 4.69) is 10.6 Å². The third-order valence-electron chi connectivity index (χ3n) is 5.55. The summed E-state index contributed by atoms with van der Waals surface area (Å²) in [5.74, 6) is 0.0147. The Balaban J connectivity index is 0.00000261. The van der Waals surface area contributed by atoms with Crippen LogP contribution < -0.4 is 10.6 Å². The van der Waals surface area contributed by atoms with Crippen molar-refractivity contribution in [2.75, 3.05) is 39.9 Å². The van der Waals surface area contributed by atoms with Crippen LogP contribution in [0.2, 0.25) is 0 Å². The lowest BCUT2D eigenvalue weighted by molar-refractivity contribution is -0.127. The Morgan fingerprint density at radius 2 is 2.15 bits per heavy atom. The van der Waals surface area contributed by atoms with E-state index in [1.165, 1.54) is 6.26 Å². The van der Waals surface area contributed by atoms with Crippen molar-refractivity contribution >= 4 is 24.2 Å². The maximum Gasteiger partial charge on any atom is 0.290 e. The highest BCUT2D eigenvalue weighted by Gasteiger charge is 2.36. The van der Waals surface area contributed by atoms with Crippen LogP contribution in [0.4, 0.5) is 0 Å². The zero-order chi connectivity index (χ0) is 18.4. The first-order valence-electron chi connectivity index (χ1n) is 9.47. The van der Waals surface area contributed by atoms with Gasteiger partial charge < -0.3 is 24.7 Å². The number of carbonyl (C=O) groups excluding carboxylic acids is 2. The quantitative estimate of drug-likeness (QED) is 0.762. The molecule has 3 heterocycles. The van der Waals surface area contributed by atoms with E-state index in [1.807, 2.05) is 0 Å². The second-order valence-electron chi connectivity index (χ2n) is 7.39. The van der Waals surface area contributed by atoms with Crippen LogP contribution in [0.25, 0.3) is 0 Å². The Labute approximate surface area is 166 Å². The number of piperidine rings is 2. The summed E-state index contributed by atoms with van der Waals surface area (Å²) in [5.41, 5.74) is -0.0276. The standard InChI is InChI=1S/C19H29N3O4.ClH/c1-25-14-19(7-9-20-10-8-19)13-21-17(23)15-5-2-3-11-22(15)18(24)16-6-4-12-26-16;/h4,6,12,15,20H,2-3,5,7-11,13-14H2,1H3,(H,21,23);1H. The van der Waals surface area contributed by atoms with E-state index in [1.54, 1.807) is 24.1 Å². The molecule has 8 heteroatoms. The van der Waals surface area contributed by atoms with Crippen molar-refractivity contribution in [3.05, 3.63) is 24.2 Å². The third-order valence-corrected chi connectivity index (χ3v) is 5.55. The van der Waals surface area contributed by atoms with Gasteiger partial charge in [-0.2, -0.15) is 0 Å². The molecule has 1 aromatic rings. The first-order valence-corrected chi connectivity index (χ1v) is 9.47. The highest BCUT2D eigenvalue weighted by molar-refractivity contribution is 5.95. The molecule has 1 aromatic heterocycles. The summed E-state index contributed by atoms with van der Waals surface area (Å²) in [6.07, 6.45) is 5.99. The van der Waals surface area contributed by atoms with Crippen LogP contribution in [-0.2, 0) is 9.53 Å². The van der Waals surface area contributed by atoms with Crippen molar-refractivity contribution in [3.63, 3.8) is 0 Å². The highest BCUT2D eigenvalue weighted by Crippen LogP contribution is 2.28. The van der Waals surface area contributed by atoms with E-state index in [0.29, 0.717) is 31.9 Å². The summed E-state index contributed by atoms with van der Waals surface area (Å²) < 4.78 is 10.6. The largest absolute Gasteiger partial charge is 0.459 e. The molecule has 0 saturated carbocycles. The van der Waals surface area contributed by atoms with Crippen LogP contribution >= 0.6 is 12.4 Å². The summed E-state index contributed by atoms with van der Waals surface area (Å²) in [4.78, 5) is 27.2. The zero-order valence-electron chi connectivity index (χ0n) is 15.9. The van der Waals surface area contributed by atoms with Gasteiger partial charge in [-0.3, -0.25) is 9.59 Å². The molecule has 2 saturated heterocycles. The molecule has 1 unspecified atom stereocenters. The molecular weight excluding hydrogens is 370 g/mol. The average molecular weight is 400 g/mol. The van der Waals surface area contributed by atoms with E-state index in [4.69, 9.17) is 9.15 Å². The molecule has 2 amide bonds. The molecule has 0 aromatic carbocycles. The van der Waals surface area contributed by atoms with Gasteiger partial charge in [0.1, 0.15) is 6.04 Å². The molecule has 0 aliphatic carbocycles. The fourth-order valence-corrected chi connectivity index (χ4v) is 4.02. The van der Waals surface area contributed by atoms with Gasteiger partial charge in [-0.1, -0.05) is 0 Å². The molecule has 0 spiro atoms. The molecule has 2 N–H and O–H groups in total. The number of nitrogens with zero attached hydrogens (tertiary/aromatic N) is 1. The number of halogens is 1. The van der Waals surface area contributed by atoms with E-state index < -0.39 is 6.04 Å². The maximum absolute atomic E-state index is 12.9. The van der Waals surface area contributed by atoms with Gasteiger partial charge in [0.05, 0.1) is 12.9 Å². The lowest BCUT2D eigenvalue weighted by atomic mass is 9.79. The van der Waals surface area contributed by atoms with Crippen molar-refractivity contribution in [2.45, 2.75) is 38.1 Å². The van der Waals surface area contributed by atoms with Crippen molar-refractivity contribution < 1.29 is 18.7 Å². The minimum Gasteiger partial charge on any atom is -0.459 e. The fraction of sp³-hybridized carbons (Fsp3) is 0.684. The fourth-order valence-electron chi connectivity index (χ4n) is 4.02. The van der Waals surface area contributed by atoms with Gasteiger partial charge in [0, 0.05) is 25.6 Å². The molecule has 1 atom stereocenters. The normalized spacial score (nSPS) is 22.0. The Morgan fingerprint density at radius 3 is 2.81 bits per heavy atom. The number of hydrogen-bond acceptors (Lipinski definition) is 5. The molecule has 2 aliphatic rings. The number of amides is 2. The van der Waals surface area contributed by atoms with Crippen molar-refractivity contribution in [1.29, 1.82) is 0 Å². The summed E-state index contributed by atoms with van der Waals surface area (Å²) in [7, 11) is 1.70. The maximum atomic E-state index is 12.9. The topological polar surface area (TPSA) is 83.8 Å². The SMILES string of the molecule is COCC1(CNC(=O)C2CCCCN2C(=O)c2ccco2)CCNCC1.Cl. The van der Waals surface area contributed by atoms with Crippen LogP contribution in [-0.4, -0.2) is 62.7 Å². The van der Waals surface area contributed by atoms with Crippen LogP contribution in [0.15, 0.2) is 22.8 Å². The van der Waals surface area contributed by atoms with Crippen LogP contribution in [0.1, 0.15) is 42.7 Å². The summed E-state index contributed by atoms with van der Waals surface area (Å²) >= 11 is 0. The number of hydrogen-bond donors (Lipinski definition) is 2. The molecule has 2 fully saturated rings. The monoisotopic (exact) mass is 399 g/mol. The minimum absolute atomic E-state index is 0. The van der Waals surface area contributed by atoms with Crippen LogP contribution in [0, 0.1) is 5.41 Å². The molecule has 0 bridgehead atoms. The smallest absolute Gasteiger partial charge is 0.290 e. The Morgan fingerprint density at radius 1 is 1.37 bits per heavy atom. The first kappa shape index (κ1) is 21.7. The average Bonchev–Trinajstić information content (AvgIpc) is 3.21. The number of nitrogens with one attached hydrogen (secondary N) is 2. The van der Waals surface area contributed by atoms with Crippen LogP contribution in [0.3, 0.4) is 0 Å². The van der Waals surface area contributed by atoms with Gasteiger partial charge in [-0.05, 0) is 57.3 Å². The van der Waals surface area contributed by atoms with E-state index in [0.717, 1.165) is 38.8 Å². The van der Waals surface area contributed by atoms with Crippen LogP contribution in [0.5, 0.6) is 0 Å². The predicted molar refractivity (Wildman–Crippen MR) is 104 cm³/mol. The Kier molecular flexibility index (Phi) is 8.13. The predicted octanol–water partition coefficient (Wildman–Crippen LogP) is 1.83. The van der Waals surface area contributed by atoms with E-state index in [-0.39, 0.29) is 29.6 Å². The lowest BCUT2D eigenvalue weighted by Crippen LogP contribution is -2.54. The minimum atomic E-state index is -0.428. The molecule has 152 valence electrons. The zero-order valence-corrected chi connectivity index (χ0v) is 16.7. The number of rotatable bonds is 6. The molecule has 2 aliphatic heterocycles. The van der Waals surface area contributed by atoms with Gasteiger partial charge in [-0.15, -0.1) is 12.4 Å². The van der Waals surface area contributed by atoms with Crippen molar-refractivity contribution in [1.82, 2.24) is 15.5 Å². The summed E-state index contributed by atoms with van der Waals surface area (Å²) in [6, 6.07) is 2.91. The second kappa shape index (κ2) is 10.1. The van der Waals surface area contributed by atoms with Gasteiger partial charge >= 0.3 is 0 Å². The molecule has 7 nitrogen and oxygen atoms in total. The number of likely N-dealkylation sites (tertiary alicyclic amines) is 1. The number of methoxy groups -OCH3 is 1. The van der Waals surface area contributed by atoms with E-state index in [9.17, 15) is 9.59 Å². The van der Waals surface area contributed by atoms with Gasteiger partial charge in [-0.25, -0.2) is 0 Å². The van der Waals surface area contributed by atoms with Gasteiger partial charge in [0.2, 0.25) is 5.91 Å². The van der Waals surface area contributed by atoms with Crippen molar-refractivity contribution in [2.24, 2.45) is 5.41 Å². The molecular formula is C19H30ClN3O4. The number of furan rings is 1. The first-order chi connectivity index (χ1) is 12.7. The van der Waals surface area contributed by atoms with Gasteiger partial charge in [0.25, 0.3) is 5.91 Å². The highest BCUT2D eigenvalue weighted by atomic mass is 35.5. The Hall–Kier alpha value is -1.57. The second-order valence-corrected chi connectivity index (χ2v) is 7.39. The van der Waals surface area contributed by atoms with E-state index >= 15 is 0 Å². The third kappa shape index (κ3) is 5.24. The Bertz CT molecular complexity index is 597. The number of carbonyl (C=O) groups is 2. The summed E-state index contributed by atoms with van der Waals surface area (Å²) in [5, 5.41) is 6.46. The summed E-state index contributed by atoms with van der Waals surface area (Å²) in [6.45, 7) is 3.68. The molecule has 27 heavy (non-hydrogen) atoms. The molecule has 0 radical (unpaired) electrons. The van der Waals surface area contributed by atoms with Crippen molar-refractivity contribution in [3.8, 4) is 0 Å². The van der Waals surface area contributed by atoms with Gasteiger partial charge in [0.15, 0.2) is 5.76 Å².